The van der Waals surface area contributed by atoms with Gasteiger partial charge in [0.1, 0.15) is 6.29 Å². The molecule has 0 amide bonds. The quantitative estimate of drug-likeness (QED) is 0.361. The van der Waals surface area contributed by atoms with Crippen LogP contribution in [0.3, 0.4) is 0 Å². The number of benzene rings is 2. The lowest BCUT2D eigenvalue weighted by Crippen LogP contribution is -2.66. The van der Waals surface area contributed by atoms with Crippen molar-refractivity contribution >= 4 is 30.9 Å². The SMILES string of the molecule is COC(=O)[C@H]1[C@H](C=O)[C@@H]1[C@@H]1C[C@H]1CO[Si](c1ccccc1)(c1ccccc1)C(C)(C)C. The van der Waals surface area contributed by atoms with Crippen LogP contribution in [0.5, 0.6) is 0 Å². The summed E-state index contributed by atoms with van der Waals surface area (Å²) in [6.45, 7) is 7.49. The zero-order valence-corrected chi connectivity index (χ0v) is 19.8. The fourth-order valence-corrected chi connectivity index (χ4v) is 10.1. The lowest BCUT2D eigenvalue weighted by atomic mass is 10.2. The number of hydrogen-bond acceptors (Lipinski definition) is 4. The van der Waals surface area contributed by atoms with Crippen LogP contribution in [0.15, 0.2) is 60.7 Å². The second kappa shape index (κ2) is 8.36. The predicted molar refractivity (Wildman–Crippen MR) is 124 cm³/mol. The molecule has 0 spiro atoms. The van der Waals surface area contributed by atoms with Gasteiger partial charge in [0, 0.05) is 12.5 Å². The van der Waals surface area contributed by atoms with Gasteiger partial charge in [0.05, 0.1) is 13.0 Å². The Morgan fingerprint density at radius 3 is 2.03 bits per heavy atom. The smallest absolute Gasteiger partial charge is 0.309 e. The molecule has 5 atom stereocenters. The number of aldehydes is 1. The van der Waals surface area contributed by atoms with Crippen LogP contribution < -0.4 is 10.4 Å². The van der Waals surface area contributed by atoms with Crippen LogP contribution in [0, 0.1) is 29.6 Å². The van der Waals surface area contributed by atoms with Gasteiger partial charge in [0.25, 0.3) is 8.32 Å². The van der Waals surface area contributed by atoms with Crippen molar-refractivity contribution in [1.29, 1.82) is 0 Å². The van der Waals surface area contributed by atoms with Crippen LogP contribution >= 0.6 is 0 Å². The van der Waals surface area contributed by atoms with Crippen molar-refractivity contribution in [3.8, 4) is 0 Å². The molecule has 0 heterocycles. The number of carbonyl (C=O) groups excluding carboxylic acids is 2. The molecule has 0 radical (unpaired) electrons. The summed E-state index contributed by atoms with van der Waals surface area (Å²) in [6, 6.07) is 21.3. The second-order valence-corrected chi connectivity index (χ2v) is 14.3. The summed E-state index contributed by atoms with van der Waals surface area (Å²) in [7, 11) is -1.15. The normalized spacial score (nSPS) is 27.4. The average Bonchev–Trinajstić information content (AvgIpc) is 3.68. The zero-order chi connectivity index (χ0) is 22.2. The first-order chi connectivity index (χ1) is 14.8. The van der Waals surface area contributed by atoms with Crippen molar-refractivity contribution in [2.45, 2.75) is 32.2 Å². The molecule has 2 fully saturated rings. The van der Waals surface area contributed by atoms with E-state index in [4.69, 9.17) is 9.16 Å². The first kappa shape index (κ1) is 22.0. The van der Waals surface area contributed by atoms with E-state index < -0.39 is 8.32 Å². The molecule has 0 bridgehead atoms. The number of methoxy groups -OCH3 is 1. The lowest BCUT2D eigenvalue weighted by Gasteiger charge is -2.43. The predicted octanol–water partition coefficient (Wildman–Crippen LogP) is 3.43. The summed E-state index contributed by atoms with van der Waals surface area (Å²) < 4.78 is 11.9. The van der Waals surface area contributed by atoms with Gasteiger partial charge in [0.2, 0.25) is 0 Å². The van der Waals surface area contributed by atoms with Gasteiger partial charge in [-0.05, 0) is 39.6 Å². The Kier molecular flexibility index (Phi) is 5.92. The summed E-state index contributed by atoms with van der Waals surface area (Å²) in [6.07, 6.45) is 1.95. The van der Waals surface area contributed by atoms with Crippen molar-refractivity contribution in [2.75, 3.05) is 13.7 Å². The third-order valence-corrected chi connectivity index (χ3v) is 12.2. The molecule has 0 aromatic heterocycles. The highest BCUT2D eigenvalue weighted by atomic mass is 28.4. The van der Waals surface area contributed by atoms with Crippen molar-refractivity contribution in [2.24, 2.45) is 29.6 Å². The molecule has 0 saturated heterocycles. The van der Waals surface area contributed by atoms with Crippen molar-refractivity contribution in [3.05, 3.63) is 60.7 Å². The molecule has 5 heteroatoms. The molecular formula is C26H32O4Si. The van der Waals surface area contributed by atoms with Gasteiger partial charge in [-0.1, -0.05) is 81.4 Å². The molecule has 0 unspecified atom stereocenters. The van der Waals surface area contributed by atoms with Gasteiger partial charge in [-0.3, -0.25) is 4.79 Å². The molecule has 4 nitrogen and oxygen atoms in total. The molecule has 2 aliphatic rings. The van der Waals surface area contributed by atoms with Crippen LogP contribution in [-0.4, -0.2) is 34.3 Å². The van der Waals surface area contributed by atoms with Gasteiger partial charge >= 0.3 is 5.97 Å². The second-order valence-electron chi connectivity index (χ2n) is 9.97. The first-order valence-electron chi connectivity index (χ1n) is 11.1. The summed E-state index contributed by atoms with van der Waals surface area (Å²) in [4.78, 5) is 23.4. The Bertz CT molecular complexity index is 882. The van der Waals surface area contributed by atoms with Crippen LogP contribution in [-0.2, 0) is 18.8 Å². The summed E-state index contributed by atoms with van der Waals surface area (Å²) >= 11 is 0. The van der Waals surface area contributed by atoms with Crippen LogP contribution in [0.2, 0.25) is 5.04 Å². The Morgan fingerprint density at radius 1 is 1.03 bits per heavy atom. The van der Waals surface area contributed by atoms with Crippen molar-refractivity contribution < 1.29 is 18.8 Å². The minimum absolute atomic E-state index is 0.0560. The van der Waals surface area contributed by atoms with Gasteiger partial charge in [-0.15, -0.1) is 0 Å². The van der Waals surface area contributed by atoms with E-state index in [1.807, 2.05) is 12.1 Å². The van der Waals surface area contributed by atoms with Crippen LogP contribution in [0.1, 0.15) is 27.2 Å². The van der Waals surface area contributed by atoms with Gasteiger partial charge < -0.3 is 14.0 Å². The van der Waals surface area contributed by atoms with E-state index in [1.54, 1.807) is 0 Å². The van der Waals surface area contributed by atoms with Crippen molar-refractivity contribution in [3.63, 3.8) is 0 Å². The monoisotopic (exact) mass is 436 g/mol. The molecule has 4 rings (SSSR count). The van der Waals surface area contributed by atoms with E-state index in [-0.39, 0.29) is 28.8 Å². The highest BCUT2D eigenvalue weighted by Crippen LogP contribution is 2.61. The highest BCUT2D eigenvalue weighted by molar-refractivity contribution is 6.99. The largest absolute Gasteiger partial charge is 0.469 e. The fourth-order valence-electron chi connectivity index (χ4n) is 5.46. The van der Waals surface area contributed by atoms with Crippen LogP contribution in [0.25, 0.3) is 0 Å². The number of hydrogen-bond donors (Lipinski definition) is 0. The maximum Gasteiger partial charge on any atom is 0.309 e. The molecule has 2 saturated carbocycles. The minimum atomic E-state index is -2.55. The van der Waals surface area contributed by atoms with E-state index in [0.717, 1.165) is 12.7 Å². The van der Waals surface area contributed by atoms with E-state index in [1.165, 1.54) is 17.5 Å². The number of esters is 1. The topological polar surface area (TPSA) is 52.6 Å². The summed E-state index contributed by atoms with van der Waals surface area (Å²) in [5.74, 6) is 0.195. The van der Waals surface area contributed by atoms with Crippen LogP contribution in [0.4, 0.5) is 0 Å². The Balaban J connectivity index is 1.58. The molecule has 0 N–H and O–H groups in total. The maximum atomic E-state index is 12.0. The van der Waals surface area contributed by atoms with Crippen molar-refractivity contribution in [1.82, 2.24) is 0 Å². The van der Waals surface area contributed by atoms with E-state index in [0.29, 0.717) is 18.4 Å². The number of rotatable bonds is 8. The van der Waals surface area contributed by atoms with Gasteiger partial charge in [0.15, 0.2) is 0 Å². The number of carbonyl (C=O) groups is 2. The third kappa shape index (κ3) is 3.90. The molecule has 2 aromatic carbocycles. The Hall–Kier alpha value is -2.24. The minimum Gasteiger partial charge on any atom is -0.469 e. The van der Waals surface area contributed by atoms with E-state index >= 15 is 0 Å². The highest BCUT2D eigenvalue weighted by Gasteiger charge is 2.64. The standard InChI is InChI=1S/C26H32O4Si/c1-26(2,3)31(19-11-7-5-8-12-19,20-13-9-6-10-14-20)30-17-18-15-21(18)23-22(16-27)24(23)25(28)29-4/h5-14,16,18,21-24H,15,17H2,1-4H3/t18-,21+,22+,23-,24-/m0/s1. The number of ether oxygens (including phenoxy) is 1. The van der Waals surface area contributed by atoms with E-state index in [2.05, 4.69) is 69.3 Å². The fraction of sp³-hybridized carbons (Fsp3) is 0.462. The molecule has 164 valence electrons. The Morgan fingerprint density at radius 2 is 1.58 bits per heavy atom. The maximum absolute atomic E-state index is 12.0. The van der Waals surface area contributed by atoms with E-state index in [9.17, 15) is 9.59 Å². The van der Waals surface area contributed by atoms with Gasteiger partial charge in [-0.25, -0.2) is 0 Å². The Labute approximate surface area is 186 Å². The molecule has 2 aromatic rings. The van der Waals surface area contributed by atoms with Gasteiger partial charge in [-0.2, -0.15) is 0 Å². The lowest BCUT2D eigenvalue weighted by molar-refractivity contribution is -0.143. The zero-order valence-electron chi connectivity index (χ0n) is 18.8. The average molecular weight is 437 g/mol. The molecule has 2 aliphatic carbocycles. The first-order valence-corrected chi connectivity index (χ1v) is 13.0. The molecule has 31 heavy (non-hydrogen) atoms. The summed E-state index contributed by atoms with van der Waals surface area (Å²) in [5, 5.41) is 2.49. The third-order valence-electron chi connectivity index (χ3n) is 7.17. The molecule has 0 aliphatic heterocycles. The molecular weight excluding hydrogens is 404 g/mol. The summed E-state index contributed by atoms with van der Waals surface area (Å²) in [5.41, 5.74) is 0.